The van der Waals surface area contributed by atoms with Gasteiger partial charge in [-0.15, -0.1) is 0 Å². The highest BCUT2D eigenvalue weighted by Crippen LogP contribution is 2.42. The minimum atomic E-state index is -1.66. The van der Waals surface area contributed by atoms with Crippen LogP contribution in [0.1, 0.15) is 99.1 Å². The van der Waals surface area contributed by atoms with Gasteiger partial charge in [0.25, 0.3) is 0 Å². The van der Waals surface area contributed by atoms with Gasteiger partial charge in [0.15, 0.2) is 0 Å². The molecule has 20 N–H and O–H groups in total. The maximum absolute atomic E-state index is 14.2. The largest absolute Gasteiger partial charge is 0.507 e. The molecule has 3 rings (SSSR count). The van der Waals surface area contributed by atoms with E-state index in [2.05, 4.69) is 63.8 Å². The fourth-order valence-electron chi connectivity index (χ4n) is 8.19. The smallest absolute Gasteiger partial charge is 0.305 e. The van der Waals surface area contributed by atoms with Crippen LogP contribution in [0.25, 0.3) is 0 Å². The van der Waals surface area contributed by atoms with E-state index < -0.39 is 180 Å². The van der Waals surface area contributed by atoms with Crippen LogP contribution in [0.5, 0.6) is 11.5 Å². The average Bonchev–Trinajstić information content (AvgIpc) is 1.66. The number of fused-ring (bicyclic) bond motifs is 2. The number of benzene rings is 2. The zero-order valence-electron chi connectivity index (χ0n) is 47.1. The van der Waals surface area contributed by atoms with Crippen LogP contribution in [0.2, 0.25) is 0 Å². The molecular formula is C52H74N14O18. The summed E-state index contributed by atoms with van der Waals surface area (Å²) in [5.74, 6) is -14.5. The van der Waals surface area contributed by atoms with Gasteiger partial charge in [0.1, 0.15) is 47.8 Å². The Morgan fingerprint density at radius 1 is 0.417 bits per heavy atom. The van der Waals surface area contributed by atoms with Crippen molar-refractivity contribution >= 4 is 94.0 Å². The van der Waals surface area contributed by atoms with Crippen molar-refractivity contribution in [3.8, 4) is 11.5 Å². The van der Waals surface area contributed by atoms with Crippen molar-refractivity contribution < 1.29 is 87.5 Å². The topological polar surface area (TPSA) is 516 Å². The first kappa shape index (κ1) is 68.8. The number of ketones is 2. The molecule has 0 saturated heterocycles. The molecule has 2 aromatic carbocycles. The molecule has 1 aliphatic carbocycles. The number of phenolic OH excluding ortho intramolecular Hbond substituents is 2. The maximum atomic E-state index is 14.2. The maximum Gasteiger partial charge on any atom is 0.305 e. The number of carbonyl (C=O) groups is 14. The van der Waals surface area contributed by atoms with Crippen LogP contribution in [0.4, 0.5) is 11.4 Å². The van der Waals surface area contributed by atoms with Gasteiger partial charge in [0.2, 0.25) is 70.6 Å². The van der Waals surface area contributed by atoms with Crippen LogP contribution in [-0.4, -0.2) is 192 Å². The Balaban J connectivity index is 1.73. The predicted octanol–water partition coefficient (Wildman–Crippen LogP) is -4.93. The lowest BCUT2D eigenvalue weighted by molar-refractivity contribution is -0.141. The number of nitrogens with two attached hydrogens (primary N) is 2. The van der Waals surface area contributed by atoms with Gasteiger partial charge in [-0.2, -0.15) is 0 Å². The number of hydrogen-bond acceptors (Lipinski definition) is 20. The molecule has 0 unspecified atom stereocenters. The normalized spacial score (nSPS) is 13.6. The first-order chi connectivity index (χ1) is 39.5. The van der Waals surface area contributed by atoms with E-state index in [1.807, 2.05) is 0 Å². The highest BCUT2D eigenvalue weighted by Gasteiger charge is 2.39. The number of phenols is 2. The molecule has 0 saturated carbocycles. The molecule has 10 amide bonds. The fraction of sp³-hybridized carbons (Fsp3) is 0.500. The number of rotatable bonds is 34. The summed E-state index contributed by atoms with van der Waals surface area (Å²) in [6.07, 6.45) is -1.54. The second-order valence-corrected chi connectivity index (χ2v) is 20.1. The van der Waals surface area contributed by atoms with E-state index in [9.17, 15) is 87.5 Å². The Kier molecular flexibility index (Phi) is 26.9. The fourth-order valence-corrected chi connectivity index (χ4v) is 8.19. The summed E-state index contributed by atoms with van der Waals surface area (Å²) in [6, 6.07) is -3.44. The van der Waals surface area contributed by atoms with Gasteiger partial charge in [0, 0.05) is 37.6 Å². The third-order valence-corrected chi connectivity index (χ3v) is 12.3. The first-order valence-corrected chi connectivity index (χ1v) is 26.5. The number of anilines is 2. The lowest BCUT2D eigenvalue weighted by atomic mass is 9.81. The zero-order chi connectivity index (χ0) is 63.1. The molecule has 32 nitrogen and oxygen atoms in total. The van der Waals surface area contributed by atoms with Crippen molar-refractivity contribution in [2.75, 3.05) is 63.0 Å². The van der Waals surface area contributed by atoms with E-state index in [0.717, 1.165) is 12.1 Å². The summed E-state index contributed by atoms with van der Waals surface area (Å²) in [5.41, 5.74) is 9.09. The molecule has 0 aliphatic heterocycles. The highest BCUT2D eigenvalue weighted by molar-refractivity contribution is 6.33. The molecule has 0 bridgehead atoms. The summed E-state index contributed by atoms with van der Waals surface area (Å²) >= 11 is 0. The van der Waals surface area contributed by atoms with Gasteiger partial charge >= 0.3 is 11.9 Å². The molecule has 2 aromatic rings. The Hall–Kier alpha value is -9.46. The first-order valence-electron chi connectivity index (χ1n) is 26.5. The Bertz CT molecular complexity index is 2660. The van der Waals surface area contributed by atoms with E-state index in [0.29, 0.717) is 0 Å². The van der Waals surface area contributed by atoms with E-state index in [-0.39, 0.29) is 73.4 Å². The van der Waals surface area contributed by atoms with E-state index >= 15 is 0 Å². The monoisotopic (exact) mass is 1180 g/mol. The SMILES string of the molecule is CC(C)C[C@H](NC(=O)[C@H](C)NC(=O)[C@H](CC(=O)O)NC(=O)CNC(=O)CN)C(=O)NCCNc1ccc(NCCNC(=O)[C@H](CC(C)C)NC(=O)[C@H](C)NC(=O)[C@H](CC(=O)O)NC(=O)CNC(=O)CN)c2c1C(=O)c1c(O)ccc(O)c1C2=O. The molecule has 84 heavy (non-hydrogen) atoms. The number of carboxylic acids is 2. The summed E-state index contributed by atoms with van der Waals surface area (Å²) in [5, 5.41) is 70.0. The van der Waals surface area contributed by atoms with Crippen LogP contribution >= 0.6 is 0 Å². The minimum absolute atomic E-state index is 0.0623. The molecule has 6 atom stereocenters. The molecule has 460 valence electrons. The van der Waals surface area contributed by atoms with Gasteiger partial charge in [-0.25, -0.2) is 0 Å². The van der Waals surface area contributed by atoms with Crippen LogP contribution in [0.3, 0.4) is 0 Å². The Labute approximate surface area is 481 Å². The standard InChI is InChI=1S/C52H74N14O18/c1-23(2)15-29(65-47(79)25(5)61-51(83)31(17-39(73)74)63-37(71)21-59-35(69)19-53)49(81)57-13-11-55-27-7-8-28(42-41(27)45(77)43-33(67)9-10-34(68)44(43)46(42)78)56-12-14-58-50(82)30(16-24(3)4)66-48(80)26(6)62-52(84)32(18-40(75)76)64-38(72)22-60-36(70)20-54/h7-10,23-26,29-32,55-56,67-68H,11-22,53-54H2,1-6H3,(H,57,81)(H,58,82)(H,59,69)(H,60,70)(H,61,83)(H,62,84)(H,63,71)(H,64,72)(H,65,79)(H,66,80)(H,73,74)(H,75,76)/t25-,26-,29-,30-,31-,32-/m0/s1. The third-order valence-electron chi connectivity index (χ3n) is 12.3. The van der Waals surface area contributed by atoms with Crippen molar-refractivity contribution in [2.24, 2.45) is 23.3 Å². The molecule has 0 heterocycles. The quantitative estimate of drug-likeness (QED) is 0.0197. The van der Waals surface area contributed by atoms with Crippen molar-refractivity contribution in [1.82, 2.24) is 53.2 Å². The van der Waals surface area contributed by atoms with Gasteiger partial charge in [-0.1, -0.05) is 27.7 Å². The van der Waals surface area contributed by atoms with Crippen molar-refractivity contribution in [3.05, 3.63) is 46.5 Å². The summed E-state index contributed by atoms with van der Waals surface area (Å²) in [6.45, 7) is 7.04. The molecule has 32 heteroatoms. The second kappa shape index (κ2) is 32.8. The van der Waals surface area contributed by atoms with Gasteiger partial charge in [-0.05, 0) is 62.8 Å². The Morgan fingerprint density at radius 3 is 1.07 bits per heavy atom. The van der Waals surface area contributed by atoms with Crippen molar-refractivity contribution in [2.45, 2.75) is 103 Å². The molecule has 0 fully saturated rings. The lowest BCUT2D eigenvalue weighted by Gasteiger charge is -2.25. The number of aliphatic carboxylic acids is 2. The van der Waals surface area contributed by atoms with Crippen molar-refractivity contribution in [1.29, 1.82) is 0 Å². The number of carbonyl (C=O) groups excluding carboxylic acids is 12. The van der Waals surface area contributed by atoms with E-state index in [4.69, 9.17) is 11.5 Å². The van der Waals surface area contributed by atoms with Crippen molar-refractivity contribution in [3.63, 3.8) is 0 Å². The zero-order valence-corrected chi connectivity index (χ0v) is 47.1. The average molecular weight is 1180 g/mol. The van der Waals surface area contributed by atoms with Gasteiger partial charge in [0.05, 0.1) is 61.3 Å². The number of hydrogen-bond donors (Lipinski definition) is 18. The second-order valence-electron chi connectivity index (χ2n) is 20.1. The van der Waals surface area contributed by atoms with E-state index in [1.54, 1.807) is 27.7 Å². The number of nitrogens with one attached hydrogen (secondary N) is 12. The number of carboxylic acid groups (broad SMARTS) is 2. The minimum Gasteiger partial charge on any atom is -0.507 e. The van der Waals surface area contributed by atoms with Gasteiger partial charge < -0.3 is 95.7 Å². The molecule has 0 spiro atoms. The molecule has 1 aliphatic rings. The van der Waals surface area contributed by atoms with Crippen LogP contribution in [0.15, 0.2) is 24.3 Å². The van der Waals surface area contributed by atoms with Crippen LogP contribution in [-0.2, 0) is 57.5 Å². The van der Waals surface area contributed by atoms with Crippen LogP contribution in [0, 0.1) is 11.8 Å². The molecule has 0 aromatic heterocycles. The summed E-state index contributed by atoms with van der Waals surface area (Å²) < 4.78 is 0. The lowest BCUT2D eigenvalue weighted by Crippen LogP contribution is -2.57. The van der Waals surface area contributed by atoms with E-state index in [1.165, 1.54) is 26.0 Å². The Morgan fingerprint density at radius 2 is 0.762 bits per heavy atom. The number of aromatic hydroxyl groups is 2. The van der Waals surface area contributed by atoms with Gasteiger partial charge in [-0.3, -0.25) is 67.1 Å². The third kappa shape index (κ3) is 21.1. The van der Waals surface area contributed by atoms with Crippen LogP contribution < -0.4 is 75.3 Å². The summed E-state index contributed by atoms with van der Waals surface area (Å²) in [4.78, 5) is 179. The number of amides is 10. The highest BCUT2D eigenvalue weighted by atomic mass is 16.4. The summed E-state index contributed by atoms with van der Waals surface area (Å²) in [7, 11) is 0. The predicted molar refractivity (Wildman–Crippen MR) is 297 cm³/mol. The molecule has 0 radical (unpaired) electrons. The molecular weight excluding hydrogens is 1110 g/mol.